The van der Waals surface area contributed by atoms with E-state index in [1.165, 1.54) is 12.1 Å². The van der Waals surface area contributed by atoms with Gasteiger partial charge in [0.2, 0.25) is 0 Å². The predicted octanol–water partition coefficient (Wildman–Crippen LogP) is 5.23. The number of hydrogen-bond donors (Lipinski definition) is 1. The molecule has 0 atom stereocenters. The van der Waals surface area contributed by atoms with E-state index in [9.17, 15) is 18.3 Å². The van der Waals surface area contributed by atoms with Crippen molar-refractivity contribution >= 4 is 10.8 Å². The van der Waals surface area contributed by atoms with E-state index in [1.807, 2.05) is 12.1 Å². The molecular weight excluding hydrogens is 277 g/mol. The first-order chi connectivity index (χ1) is 9.97. The van der Waals surface area contributed by atoms with E-state index in [1.54, 1.807) is 24.3 Å². The first kappa shape index (κ1) is 13.5. The highest BCUT2D eigenvalue weighted by Crippen LogP contribution is 2.35. The largest absolute Gasteiger partial charge is 0.507 e. The van der Waals surface area contributed by atoms with Gasteiger partial charge < -0.3 is 5.11 Å². The van der Waals surface area contributed by atoms with Gasteiger partial charge in [-0.05, 0) is 34.7 Å². The van der Waals surface area contributed by atoms with Crippen LogP contribution in [0.4, 0.5) is 13.2 Å². The van der Waals surface area contributed by atoms with Crippen LogP contribution in [-0.4, -0.2) is 5.11 Å². The number of benzene rings is 3. The lowest BCUT2D eigenvalue weighted by Gasteiger charge is -2.10. The zero-order chi connectivity index (χ0) is 15.0. The molecule has 0 saturated heterocycles. The lowest BCUT2D eigenvalue weighted by atomic mass is 9.97. The molecule has 106 valence electrons. The molecule has 0 bridgehead atoms. The first-order valence-corrected chi connectivity index (χ1v) is 6.35. The van der Waals surface area contributed by atoms with Gasteiger partial charge in [-0.15, -0.1) is 0 Å². The first-order valence-electron chi connectivity index (χ1n) is 6.35. The fraction of sp³-hybridized carbons (Fsp3) is 0.0588. The maximum Gasteiger partial charge on any atom is 0.416 e. The van der Waals surface area contributed by atoms with Gasteiger partial charge in [0, 0.05) is 5.39 Å². The van der Waals surface area contributed by atoms with Gasteiger partial charge in [-0.3, -0.25) is 0 Å². The summed E-state index contributed by atoms with van der Waals surface area (Å²) in [5.74, 6) is 0.154. The standard InChI is InChI=1S/C17H11F3O/c18-17(19,20)12-7-5-11(6-8-12)13-9-10-16(21)15-4-2-1-3-14(13)15/h1-10,21H. The normalized spacial score (nSPS) is 11.8. The molecule has 0 saturated carbocycles. The number of hydrogen-bond acceptors (Lipinski definition) is 1. The van der Waals surface area contributed by atoms with Gasteiger partial charge in [-0.1, -0.05) is 42.5 Å². The highest BCUT2D eigenvalue weighted by atomic mass is 19.4. The molecule has 1 N–H and O–H groups in total. The Hall–Kier alpha value is -2.49. The second-order valence-corrected chi connectivity index (χ2v) is 4.75. The Morgan fingerprint density at radius 3 is 1.95 bits per heavy atom. The number of fused-ring (bicyclic) bond motifs is 1. The smallest absolute Gasteiger partial charge is 0.416 e. The number of rotatable bonds is 1. The molecule has 0 aliphatic heterocycles. The summed E-state index contributed by atoms with van der Waals surface area (Å²) in [5, 5.41) is 11.3. The van der Waals surface area contributed by atoms with E-state index in [2.05, 4.69) is 0 Å². The summed E-state index contributed by atoms with van der Waals surface area (Å²) in [7, 11) is 0. The maximum atomic E-state index is 12.6. The number of phenolic OH excluding ortho intramolecular Hbond substituents is 1. The number of alkyl halides is 3. The second kappa shape index (κ2) is 4.81. The monoisotopic (exact) mass is 288 g/mol. The third-order valence-corrected chi connectivity index (χ3v) is 3.42. The molecule has 0 amide bonds. The van der Waals surface area contributed by atoms with Crippen molar-refractivity contribution in [2.75, 3.05) is 0 Å². The molecule has 21 heavy (non-hydrogen) atoms. The molecule has 3 rings (SSSR count). The molecule has 1 nitrogen and oxygen atoms in total. The van der Waals surface area contributed by atoms with Crippen molar-refractivity contribution in [3.8, 4) is 16.9 Å². The lowest BCUT2D eigenvalue weighted by molar-refractivity contribution is -0.137. The highest BCUT2D eigenvalue weighted by Gasteiger charge is 2.30. The zero-order valence-electron chi connectivity index (χ0n) is 10.9. The van der Waals surface area contributed by atoms with Crippen molar-refractivity contribution < 1.29 is 18.3 Å². The second-order valence-electron chi connectivity index (χ2n) is 4.75. The molecule has 0 aliphatic carbocycles. The fourth-order valence-corrected chi connectivity index (χ4v) is 2.37. The minimum atomic E-state index is -4.34. The van der Waals surface area contributed by atoms with Crippen molar-refractivity contribution in [3.05, 3.63) is 66.2 Å². The lowest BCUT2D eigenvalue weighted by Crippen LogP contribution is -2.03. The van der Waals surface area contributed by atoms with Crippen molar-refractivity contribution in [1.82, 2.24) is 0 Å². The summed E-state index contributed by atoms with van der Waals surface area (Å²) < 4.78 is 37.8. The van der Waals surface area contributed by atoms with Gasteiger partial charge in [0.15, 0.2) is 0 Å². The summed E-state index contributed by atoms with van der Waals surface area (Å²) in [6, 6.07) is 15.5. The summed E-state index contributed by atoms with van der Waals surface area (Å²) >= 11 is 0. The van der Waals surface area contributed by atoms with Crippen LogP contribution in [0.1, 0.15) is 5.56 Å². The molecule has 0 unspecified atom stereocenters. The van der Waals surface area contributed by atoms with E-state index >= 15 is 0 Å². The Morgan fingerprint density at radius 2 is 1.33 bits per heavy atom. The quantitative estimate of drug-likeness (QED) is 0.650. The molecule has 0 fully saturated rings. The SMILES string of the molecule is Oc1ccc(-c2ccc(C(F)(F)F)cc2)c2ccccc12. The third-order valence-electron chi connectivity index (χ3n) is 3.42. The van der Waals surface area contributed by atoms with Crippen LogP contribution in [0.5, 0.6) is 5.75 Å². The number of halogens is 3. The van der Waals surface area contributed by atoms with Gasteiger partial charge in [0.05, 0.1) is 5.56 Å². The predicted molar refractivity (Wildman–Crippen MR) is 76.1 cm³/mol. The highest BCUT2D eigenvalue weighted by molar-refractivity contribution is 5.99. The summed E-state index contributed by atoms with van der Waals surface area (Å²) in [6.07, 6.45) is -4.34. The Kier molecular flexibility index (Phi) is 3.09. The average Bonchev–Trinajstić information content (AvgIpc) is 2.47. The Bertz CT molecular complexity index is 789. The number of phenols is 1. The molecule has 0 heterocycles. The van der Waals surface area contributed by atoms with Crippen molar-refractivity contribution in [1.29, 1.82) is 0 Å². The van der Waals surface area contributed by atoms with Crippen LogP contribution in [0, 0.1) is 0 Å². The van der Waals surface area contributed by atoms with Crippen LogP contribution in [-0.2, 0) is 6.18 Å². The average molecular weight is 288 g/mol. The van der Waals surface area contributed by atoms with Crippen LogP contribution in [0.15, 0.2) is 60.7 Å². The van der Waals surface area contributed by atoms with Gasteiger partial charge in [-0.2, -0.15) is 13.2 Å². The van der Waals surface area contributed by atoms with Crippen LogP contribution < -0.4 is 0 Å². The summed E-state index contributed by atoms with van der Waals surface area (Å²) in [4.78, 5) is 0. The van der Waals surface area contributed by atoms with Gasteiger partial charge in [0.1, 0.15) is 5.75 Å². The number of aromatic hydroxyl groups is 1. The van der Waals surface area contributed by atoms with Gasteiger partial charge >= 0.3 is 6.18 Å². The van der Waals surface area contributed by atoms with Crippen LogP contribution in [0.3, 0.4) is 0 Å². The topological polar surface area (TPSA) is 20.2 Å². The van der Waals surface area contributed by atoms with Crippen LogP contribution in [0.25, 0.3) is 21.9 Å². The minimum Gasteiger partial charge on any atom is -0.507 e. The molecular formula is C17H11F3O. The molecule has 0 aliphatic rings. The van der Waals surface area contributed by atoms with Crippen molar-refractivity contribution in [2.45, 2.75) is 6.18 Å². The molecule has 0 spiro atoms. The van der Waals surface area contributed by atoms with Crippen molar-refractivity contribution in [3.63, 3.8) is 0 Å². The van der Waals surface area contributed by atoms with Crippen LogP contribution in [0.2, 0.25) is 0 Å². The van der Waals surface area contributed by atoms with Gasteiger partial charge in [0.25, 0.3) is 0 Å². The third kappa shape index (κ3) is 2.44. The van der Waals surface area contributed by atoms with E-state index in [0.29, 0.717) is 10.9 Å². The molecule has 3 aromatic rings. The molecule has 4 heteroatoms. The van der Waals surface area contributed by atoms with E-state index in [0.717, 1.165) is 23.1 Å². The fourth-order valence-electron chi connectivity index (χ4n) is 2.37. The van der Waals surface area contributed by atoms with E-state index in [-0.39, 0.29) is 5.75 Å². The molecule has 0 aromatic heterocycles. The molecule has 3 aromatic carbocycles. The summed E-state index contributed by atoms with van der Waals surface area (Å²) in [5.41, 5.74) is 0.797. The Balaban J connectivity index is 2.15. The Labute approximate surface area is 119 Å². The summed E-state index contributed by atoms with van der Waals surface area (Å²) in [6.45, 7) is 0. The molecule has 0 radical (unpaired) electrons. The Morgan fingerprint density at radius 1 is 0.714 bits per heavy atom. The van der Waals surface area contributed by atoms with Gasteiger partial charge in [-0.25, -0.2) is 0 Å². The van der Waals surface area contributed by atoms with E-state index in [4.69, 9.17) is 0 Å². The zero-order valence-corrected chi connectivity index (χ0v) is 10.9. The van der Waals surface area contributed by atoms with E-state index < -0.39 is 11.7 Å². The van der Waals surface area contributed by atoms with Crippen molar-refractivity contribution in [2.24, 2.45) is 0 Å². The maximum absolute atomic E-state index is 12.6. The van der Waals surface area contributed by atoms with Crippen LogP contribution >= 0.6 is 0 Å². The minimum absolute atomic E-state index is 0.154.